The summed E-state index contributed by atoms with van der Waals surface area (Å²) in [7, 11) is 0. The van der Waals surface area contributed by atoms with Crippen molar-refractivity contribution in [1.82, 2.24) is 15.5 Å². The third-order valence-corrected chi connectivity index (χ3v) is 7.00. The van der Waals surface area contributed by atoms with E-state index in [-0.39, 0.29) is 11.8 Å². The summed E-state index contributed by atoms with van der Waals surface area (Å²) in [5.41, 5.74) is 7.64. The molecule has 1 saturated heterocycles. The summed E-state index contributed by atoms with van der Waals surface area (Å²) in [6.07, 6.45) is 3.26. The molecule has 8 heteroatoms. The van der Waals surface area contributed by atoms with Crippen molar-refractivity contribution in [3.05, 3.63) is 35.4 Å². The molecule has 2 atom stereocenters. The second-order valence-electron chi connectivity index (χ2n) is 9.57. The number of nitrogens with one attached hydrogen (secondary N) is 2. The Morgan fingerprint density at radius 2 is 1.97 bits per heavy atom. The van der Waals surface area contributed by atoms with Crippen LogP contribution in [0.2, 0.25) is 0 Å². The summed E-state index contributed by atoms with van der Waals surface area (Å²) in [5, 5.41) is 5.22. The lowest BCUT2D eigenvalue weighted by Crippen LogP contribution is -2.56. The van der Waals surface area contributed by atoms with Crippen LogP contribution in [0, 0.1) is 0 Å². The highest BCUT2D eigenvalue weighted by Crippen LogP contribution is 2.45. The third kappa shape index (κ3) is 4.68. The first-order chi connectivity index (χ1) is 14.7. The van der Waals surface area contributed by atoms with Crippen molar-refractivity contribution in [3.63, 3.8) is 0 Å². The van der Waals surface area contributed by atoms with Crippen molar-refractivity contribution in [1.29, 1.82) is 0 Å². The second kappa shape index (κ2) is 8.04. The van der Waals surface area contributed by atoms with Crippen LogP contribution in [0.15, 0.2) is 24.3 Å². The molecule has 4 N–H and O–H groups in total. The van der Waals surface area contributed by atoms with Crippen molar-refractivity contribution in [3.8, 4) is 0 Å². The molecule has 3 aliphatic rings. The maximum absolute atomic E-state index is 14.3. The van der Waals surface area contributed by atoms with Crippen LogP contribution in [0.1, 0.15) is 63.0 Å². The van der Waals surface area contributed by atoms with Crippen molar-refractivity contribution in [2.24, 2.45) is 5.73 Å². The fourth-order valence-electron chi connectivity index (χ4n) is 5.04. The van der Waals surface area contributed by atoms with E-state index in [2.05, 4.69) is 22.8 Å². The molecule has 2 aliphatic carbocycles. The normalized spacial score (nSPS) is 24.7. The maximum Gasteiger partial charge on any atom is 0.318 e. The number of alkyl halides is 2. The average Bonchev–Trinajstić information content (AvgIpc) is 3.15. The van der Waals surface area contributed by atoms with Gasteiger partial charge in [0, 0.05) is 31.3 Å². The molecule has 1 spiro atoms. The molecular weight excluding hydrogens is 402 g/mol. The van der Waals surface area contributed by atoms with Gasteiger partial charge in [0.25, 0.3) is 5.92 Å². The summed E-state index contributed by atoms with van der Waals surface area (Å²) < 4.78 is 28.7. The minimum atomic E-state index is -3.04. The topological polar surface area (TPSA) is 87.5 Å². The number of hydrogen-bond acceptors (Lipinski definition) is 3. The van der Waals surface area contributed by atoms with Gasteiger partial charge in [-0.25, -0.2) is 13.6 Å². The lowest BCUT2D eigenvalue weighted by molar-refractivity contribution is -0.127. The Hall–Kier alpha value is -2.22. The van der Waals surface area contributed by atoms with Crippen molar-refractivity contribution < 1.29 is 18.4 Å². The molecular formula is C23H32F2N4O2. The molecule has 4 rings (SSSR count). The van der Waals surface area contributed by atoms with Gasteiger partial charge in [-0.2, -0.15) is 0 Å². The number of carbonyl (C=O) groups excluding carboxylic acids is 2. The molecule has 1 unspecified atom stereocenters. The van der Waals surface area contributed by atoms with Crippen LogP contribution >= 0.6 is 0 Å². The van der Waals surface area contributed by atoms with E-state index in [1.54, 1.807) is 11.8 Å². The molecule has 0 bridgehead atoms. The summed E-state index contributed by atoms with van der Waals surface area (Å²) >= 11 is 0. The van der Waals surface area contributed by atoms with Gasteiger partial charge in [0.15, 0.2) is 0 Å². The second-order valence-corrected chi connectivity index (χ2v) is 9.57. The summed E-state index contributed by atoms with van der Waals surface area (Å²) in [4.78, 5) is 27.3. The van der Waals surface area contributed by atoms with Crippen LogP contribution in [-0.4, -0.2) is 47.6 Å². The fourth-order valence-corrected chi connectivity index (χ4v) is 5.04. The van der Waals surface area contributed by atoms with Crippen molar-refractivity contribution >= 4 is 11.9 Å². The highest BCUT2D eigenvalue weighted by Gasteiger charge is 2.47. The summed E-state index contributed by atoms with van der Waals surface area (Å²) in [6, 6.07) is 6.52. The zero-order valence-electron chi connectivity index (χ0n) is 18.1. The zero-order valence-corrected chi connectivity index (χ0v) is 18.1. The first-order valence-corrected chi connectivity index (χ1v) is 11.3. The lowest BCUT2D eigenvalue weighted by Gasteiger charge is -2.28. The van der Waals surface area contributed by atoms with Gasteiger partial charge in [-0.15, -0.1) is 0 Å². The molecule has 2 fully saturated rings. The molecule has 1 heterocycles. The first-order valence-electron chi connectivity index (χ1n) is 11.3. The Morgan fingerprint density at radius 3 is 2.68 bits per heavy atom. The number of benzene rings is 1. The highest BCUT2D eigenvalue weighted by atomic mass is 19.3. The smallest absolute Gasteiger partial charge is 0.318 e. The van der Waals surface area contributed by atoms with Crippen LogP contribution in [-0.2, 0) is 16.6 Å². The minimum absolute atomic E-state index is 0.0762. The molecule has 0 radical (unpaired) electrons. The van der Waals surface area contributed by atoms with Gasteiger partial charge in [-0.3, -0.25) is 4.79 Å². The molecule has 0 aromatic heterocycles. The van der Waals surface area contributed by atoms with Crippen molar-refractivity contribution in [2.45, 2.75) is 81.3 Å². The number of aryl methyl sites for hydroxylation is 1. The van der Waals surface area contributed by atoms with Crippen LogP contribution in [0.4, 0.5) is 13.6 Å². The zero-order chi connectivity index (χ0) is 22.3. The van der Waals surface area contributed by atoms with Crippen LogP contribution < -0.4 is 16.4 Å². The lowest BCUT2D eigenvalue weighted by atomic mass is 9.81. The molecule has 31 heavy (non-hydrogen) atoms. The Morgan fingerprint density at radius 1 is 1.23 bits per heavy atom. The summed E-state index contributed by atoms with van der Waals surface area (Å²) in [6.45, 7) is 2.75. The number of rotatable bonds is 7. The van der Waals surface area contributed by atoms with Gasteiger partial charge in [0.2, 0.25) is 5.91 Å². The van der Waals surface area contributed by atoms with Gasteiger partial charge in [-0.1, -0.05) is 37.6 Å². The fraction of sp³-hybridized carbons (Fsp3) is 0.652. The highest BCUT2D eigenvalue weighted by molar-refractivity contribution is 5.88. The maximum atomic E-state index is 14.3. The van der Waals surface area contributed by atoms with E-state index in [1.165, 1.54) is 11.1 Å². The summed E-state index contributed by atoms with van der Waals surface area (Å²) in [5.74, 6) is -3.67. The van der Waals surface area contributed by atoms with Gasteiger partial charge in [0.05, 0.1) is 5.66 Å². The Kier molecular flexibility index (Phi) is 5.70. The van der Waals surface area contributed by atoms with E-state index >= 15 is 0 Å². The molecule has 3 amide bonds. The van der Waals surface area contributed by atoms with Gasteiger partial charge in [0.1, 0.15) is 6.04 Å². The Bertz CT molecular complexity index is 858. The van der Waals surface area contributed by atoms with Crippen molar-refractivity contribution in [2.75, 3.05) is 13.1 Å². The number of likely N-dealkylation sites (tertiary alicyclic amines) is 1. The minimum Gasteiger partial charge on any atom is -0.336 e. The predicted molar refractivity (Wildman–Crippen MR) is 114 cm³/mol. The first kappa shape index (κ1) is 22.0. The van der Waals surface area contributed by atoms with Gasteiger partial charge < -0.3 is 21.3 Å². The SMILES string of the molecule is CCCC(F)(F)C[C@H](NC(=O)N1CCC2(CCc3ccccc32)C1)C(=O)NC1(N)CC1. The van der Waals surface area contributed by atoms with Crippen LogP contribution in [0.25, 0.3) is 0 Å². The number of hydrogen-bond donors (Lipinski definition) is 3. The molecule has 1 aliphatic heterocycles. The van der Waals surface area contributed by atoms with E-state index in [0.717, 1.165) is 19.3 Å². The van der Waals surface area contributed by atoms with Crippen LogP contribution in [0.5, 0.6) is 0 Å². The monoisotopic (exact) mass is 434 g/mol. The van der Waals surface area contributed by atoms with E-state index in [1.807, 2.05) is 12.1 Å². The molecule has 1 saturated carbocycles. The van der Waals surface area contributed by atoms with E-state index in [0.29, 0.717) is 32.4 Å². The number of carbonyl (C=O) groups is 2. The molecule has 6 nitrogen and oxygen atoms in total. The molecule has 170 valence electrons. The van der Waals surface area contributed by atoms with E-state index in [4.69, 9.17) is 5.73 Å². The van der Waals surface area contributed by atoms with E-state index in [9.17, 15) is 18.4 Å². The number of fused-ring (bicyclic) bond motifs is 2. The number of halogens is 2. The third-order valence-electron chi connectivity index (χ3n) is 7.00. The standard InChI is InChI=1S/C23H32F2N4O2/c1-2-8-22(24,25)14-18(19(30)28-23(26)10-11-23)27-20(31)29-13-12-21(15-29)9-7-16-5-3-4-6-17(16)21/h3-6,18H,2,7-15,26H2,1H3,(H,27,31)(H,28,30)/t18-,21?/m0/s1. The Balaban J connectivity index is 1.44. The number of nitrogens with zero attached hydrogens (tertiary/aromatic N) is 1. The molecule has 1 aromatic carbocycles. The van der Waals surface area contributed by atoms with E-state index < -0.39 is 36.0 Å². The number of amides is 3. The predicted octanol–water partition coefficient (Wildman–Crippen LogP) is 3.05. The largest absolute Gasteiger partial charge is 0.336 e. The number of urea groups is 1. The van der Waals surface area contributed by atoms with Gasteiger partial charge >= 0.3 is 6.03 Å². The quantitative estimate of drug-likeness (QED) is 0.577. The van der Waals surface area contributed by atoms with Crippen LogP contribution in [0.3, 0.4) is 0 Å². The average molecular weight is 435 g/mol. The molecule has 1 aromatic rings. The van der Waals surface area contributed by atoms with Gasteiger partial charge in [-0.05, 0) is 43.2 Å². The number of nitrogens with two attached hydrogens (primary N) is 1. The Labute approximate surface area is 181 Å².